The fourth-order valence-corrected chi connectivity index (χ4v) is 3.75. The van der Waals surface area contributed by atoms with Crippen LogP contribution in [-0.4, -0.2) is 87.9 Å². The molecule has 1 aliphatic rings. The van der Waals surface area contributed by atoms with Crippen LogP contribution in [0.5, 0.6) is 0 Å². The molecule has 0 aromatic carbocycles. The fraction of sp³-hybridized carbons (Fsp3) is 0.714. The van der Waals surface area contributed by atoms with Gasteiger partial charge >= 0.3 is 11.9 Å². The van der Waals surface area contributed by atoms with Crippen molar-refractivity contribution in [2.24, 2.45) is 17.2 Å². The number of carboxylic acids is 2. The third kappa shape index (κ3) is 10.3. The summed E-state index contributed by atoms with van der Waals surface area (Å²) in [7, 11) is 0. The molecule has 1 aliphatic heterocycles. The first-order valence-electron chi connectivity index (χ1n) is 11.6. The molecule has 198 valence electrons. The molecule has 0 aromatic rings. The Morgan fingerprint density at radius 3 is 2.14 bits per heavy atom. The number of carbonyl (C=O) groups is 6. The number of hydrogen-bond acceptors (Lipinski definition) is 8. The maximum atomic E-state index is 13.1. The van der Waals surface area contributed by atoms with Gasteiger partial charge in [-0.2, -0.15) is 0 Å². The number of amides is 4. The monoisotopic (exact) mass is 500 g/mol. The summed E-state index contributed by atoms with van der Waals surface area (Å²) < 4.78 is 0. The Morgan fingerprint density at radius 2 is 1.57 bits per heavy atom. The maximum absolute atomic E-state index is 13.1. The topological polar surface area (TPSA) is 248 Å². The summed E-state index contributed by atoms with van der Waals surface area (Å²) in [5, 5.41) is 23.3. The molecule has 0 bridgehead atoms. The van der Waals surface area contributed by atoms with Gasteiger partial charge in [0.25, 0.3) is 0 Å². The molecule has 1 rings (SSSR count). The highest BCUT2D eigenvalue weighted by molar-refractivity contribution is 5.94. The molecule has 4 amide bonds. The summed E-state index contributed by atoms with van der Waals surface area (Å²) in [6.45, 7) is 0.587. The Bertz CT molecular complexity index is 792. The van der Waals surface area contributed by atoms with E-state index in [4.69, 9.17) is 22.3 Å². The van der Waals surface area contributed by atoms with Crippen molar-refractivity contribution in [3.05, 3.63) is 0 Å². The number of rotatable bonds is 16. The van der Waals surface area contributed by atoms with E-state index in [0.29, 0.717) is 32.2 Å². The highest BCUT2D eigenvalue weighted by atomic mass is 16.4. The second-order valence-electron chi connectivity index (χ2n) is 8.48. The Morgan fingerprint density at radius 1 is 0.914 bits per heavy atom. The Balaban J connectivity index is 2.99. The number of nitrogens with zero attached hydrogens (tertiary/aromatic N) is 1. The number of primary amides is 1. The van der Waals surface area contributed by atoms with Crippen LogP contribution in [0.1, 0.15) is 57.8 Å². The van der Waals surface area contributed by atoms with Crippen LogP contribution >= 0.6 is 0 Å². The summed E-state index contributed by atoms with van der Waals surface area (Å²) in [5.74, 6) is -5.16. The molecular weight excluding hydrogens is 464 g/mol. The third-order valence-corrected chi connectivity index (χ3v) is 5.70. The van der Waals surface area contributed by atoms with Gasteiger partial charge in [0.15, 0.2) is 0 Å². The zero-order chi connectivity index (χ0) is 26.5. The molecule has 0 aliphatic carbocycles. The van der Waals surface area contributed by atoms with Crippen molar-refractivity contribution in [1.82, 2.24) is 15.5 Å². The van der Waals surface area contributed by atoms with Crippen LogP contribution in [0.3, 0.4) is 0 Å². The van der Waals surface area contributed by atoms with Crippen molar-refractivity contribution in [1.29, 1.82) is 0 Å². The molecule has 0 saturated carbocycles. The molecule has 10 N–H and O–H groups in total. The van der Waals surface area contributed by atoms with E-state index in [1.54, 1.807) is 0 Å². The Kier molecular flexibility index (Phi) is 12.7. The number of nitrogens with two attached hydrogens (primary N) is 3. The minimum absolute atomic E-state index is 0.0693. The molecule has 0 spiro atoms. The van der Waals surface area contributed by atoms with Gasteiger partial charge in [-0.25, -0.2) is 4.79 Å². The number of nitrogens with one attached hydrogen (secondary N) is 2. The van der Waals surface area contributed by atoms with Gasteiger partial charge in [-0.05, 0) is 51.5 Å². The second-order valence-corrected chi connectivity index (χ2v) is 8.48. The van der Waals surface area contributed by atoms with E-state index >= 15 is 0 Å². The lowest BCUT2D eigenvalue weighted by Crippen LogP contribution is -2.57. The van der Waals surface area contributed by atoms with E-state index in [0.717, 1.165) is 0 Å². The number of carbonyl (C=O) groups excluding carboxylic acids is 4. The van der Waals surface area contributed by atoms with E-state index in [1.807, 2.05) is 0 Å². The molecule has 1 fully saturated rings. The number of unbranched alkanes of at least 4 members (excludes halogenated alkanes) is 1. The van der Waals surface area contributed by atoms with Crippen molar-refractivity contribution in [2.75, 3.05) is 13.1 Å². The van der Waals surface area contributed by atoms with Crippen LogP contribution in [0.25, 0.3) is 0 Å². The fourth-order valence-electron chi connectivity index (χ4n) is 3.75. The molecule has 35 heavy (non-hydrogen) atoms. The normalized spacial score (nSPS) is 17.8. The molecule has 4 atom stereocenters. The van der Waals surface area contributed by atoms with Gasteiger partial charge in [0, 0.05) is 19.4 Å². The molecule has 14 nitrogen and oxygen atoms in total. The van der Waals surface area contributed by atoms with E-state index in [2.05, 4.69) is 10.6 Å². The summed E-state index contributed by atoms with van der Waals surface area (Å²) in [5.41, 5.74) is 16.3. The molecule has 1 heterocycles. The lowest BCUT2D eigenvalue weighted by molar-refractivity contribution is -0.149. The quantitative estimate of drug-likeness (QED) is 0.111. The minimum atomic E-state index is -1.32. The standard InChI is InChI=1S/C21H36N6O8/c22-10-2-1-4-14(20(33)27-11-3-5-15(27)21(34)35)26-19(32)13(7-9-17(29)30)25-18(31)12(23)6-8-16(24)28/h12-15H,1-11,22-23H2,(H2,24,28)(H,25,31)(H,26,32)(H,29,30)(H,34,35). The molecule has 14 heteroatoms. The first-order chi connectivity index (χ1) is 16.5. The minimum Gasteiger partial charge on any atom is -0.481 e. The van der Waals surface area contributed by atoms with Crippen LogP contribution in [-0.2, 0) is 28.8 Å². The van der Waals surface area contributed by atoms with Crippen molar-refractivity contribution in [3.63, 3.8) is 0 Å². The average molecular weight is 501 g/mol. The first kappa shape index (κ1) is 29.8. The highest BCUT2D eigenvalue weighted by Crippen LogP contribution is 2.20. The van der Waals surface area contributed by atoms with Crippen molar-refractivity contribution < 1.29 is 39.0 Å². The average Bonchev–Trinajstić information content (AvgIpc) is 3.29. The molecule has 1 saturated heterocycles. The second kappa shape index (κ2) is 14.9. The van der Waals surface area contributed by atoms with Crippen molar-refractivity contribution in [3.8, 4) is 0 Å². The largest absolute Gasteiger partial charge is 0.481 e. The summed E-state index contributed by atoms with van der Waals surface area (Å²) >= 11 is 0. The number of carboxylic acid groups (broad SMARTS) is 2. The molecule has 0 radical (unpaired) electrons. The number of likely N-dealkylation sites (tertiary alicyclic amines) is 1. The van der Waals surface area contributed by atoms with E-state index in [-0.39, 0.29) is 32.2 Å². The lowest BCUT2D eigenvalue weighted by Gasteiger charge is -2.29. The van der Waals surface area contributed by atoms with E-state index in [9.17, 15) is 33.9 Å². The van der Waals surface area contributed by atoms with Gasteiger partial charge in [-0.15, -0.1) is 0 Å². The maximum Gasteiger partial charge on any atom is 0.326 e. The predicted octanol–water partition coefficient (Wildman–Crippen LogP) is -2.38. The lowest BCUT2D eigenvalue weighted by atomic mass is 10.0. The van der Waals surface area contributed by atoms with Crippen molar-refractivity contribution >= 4 is 35.6 Å². The van der Waals surface area contributed by atoms with E-state index in [1.165, 1.54) is 4.90 Å². The zero-order valence-electron chi connectivity index (χ0n) is 19.6. The van der Waals surface area contributed by atoms with Crippen LogP contribution in [0.2, 0.25) is 0 Å². The first-order valence-corrected chi connectivity index (χ1v) is 11.6. The predicted molar refractivity (Wildman–Crippen MR) is 122 cm³/mol. The summed E-state index contributed by atoms with van der Waals surface area (Å²) in [4.78, 5) is 73.3. The van der Waals surface area contributed by atoms with Gasteiger partial charge in [0.2, 0.25) is 23.6 Å². The van der Waals surface area contributed by atoms with Gasteiger partial charge < -0.3 is 42.9 Å². The Labute approximate surface area is 202 Å². The van der Waals surface area contributed by atoms with Crippen LogP contribution < -0.4 is 27.8 Å². The smallest absolute Gasteiger partial charge is 0.326 e. The van der Waals surface area contributed by atoms with E-state index < -0.39 is 66.2 Å². The molecule has 4 unspecified atom stereocenters. The number of aliphatic carboxylic acids is 2. The molecule has 0 aromatic heterocycles. The molecular formula is C21H36N6O8. The van der Waals surface area contributed by atoms with Gasteiger partial charge in [0.05, 0.1) is 6.04 Å². The van der Waals surface area contributed by atoms with Crippen molar-refractivity contribution in [2.45, 2.75) is 82.0 Å². The van der Waals surface area contributed by atoms with Crippen LogP contribution in [0, 0.1) is 0 Å². The van der Waals surface area contributed by atoms with Gasteiger partial charge in [-0.1, -0.05) is 0 Å². The number of hydrogen-bond donors (Lipinski definition) is 7. The van der Waals surface area contributed by atoms with Gasteiger partial charge in [-0.3, -0.25) is 24.0 Å². The van der Waals surface area contributed by atoms with Crippen LogP contribution in [0.4, 0.5) is 0 Å². The Hall–Kier alpha value is -3.26. The highest BCUT2D eigenvalue weighted by Gasteiger charge is 2.38. The van der Waals surface area contributed by atoms with Gasteiger partial charge in [0.1, 0.15) is 18.1 Å². The third-order valence-electron chi connectivity index (χ3n) is 5.70. The zero-order valence-corrected chi connectivity index (χ0v) is 19.6. The SMILES string of the molecule is NCCCCC(NC(=O)C(CCC(=O)O)NC(=O)C(N)CCC(N)=O)C(=O)N1CCCC1C(=O)O. The van der Waals surface area contributed by atoms with Crippen LogP contribution in [0.15, 0.2) is 0 Å². The summed E-state index contributed by atoms with van der Waals surface area (Å²) in [6.07, 6.45) is 1.08. The summed E-state index contributed by atoms with van der Waals surface area (Å²) in [6, 6.07) is -4.56.